The molecule has 0 unspecified atom stereocenters. The average molecular weight is 335 g/mol. The Bertz CT molecular complexity index is 686. The van der Waals surface area contributed by atoms with E-state index in [1.54, 1.807) is 28.8 Å². The molecule has 3 rings (SSSR count). The van der Waals surface area contributed by atoms with Crippen LogP contribution in [0.2, 0.25) is 0 Å². The third-order valence-corrected chi connectivity index (χ3v) is 4.96. The zero-order chi connectivity index (χ0) is 16.4. The summed E-state index contributed by atoms with van der Waals surface area (Å²) >= 11 is 1.56. The van der Waals surface area contributed by atoms with Crippen molar-refractivity contribution >= 4 is 29.4 Å². The molecule has 2 aliphatic heterocycles. The van der Waals surface area contributed by atoms with Gasteiger partial charge >= 0.3 is 0 Å². The number of halogens is 2. The SMILES string of the molecule is N#C[C@@H]1CSCN1C(=O)CN1CC=Cc2cc(C(F)F)ccc21. The van der Waals surface area contributed by atoms with Crippen LogP contribution in [0.1, 0.15) is 17.6 Å². The van der Waals surface area contributed by atoms with Gasteiger partial charge in [-0.2, -0.15) is 5.26 Å². The van der Waals surface area contributed by atoms with Crippen molar-refractivity contribution in [3.63, 3.8) is 0 Å². The van der Waals surface area contributed by atoms with Crippen molar-refractivity contribution in [1.82, 2.24) is 4.90 Å². The van der Waals surface area contributed by atoms with E-state index in [2.05, 4.69) is 6.07 Å². The molecular weight excluding hydrogens is 320 g/mol. The lowest BCUT2D eigenvalue weighted by molar-refractivity contribution is -0.129. The highest BCUT2D eigenvalue weighted by Gasteiger charge is 2.30. The molecule has 4 nitrogen and oxygen atoms in total. The topological polar surface area (TPSA) is 47.3 Å². The van der Waals surface area contributed by atoms with Crippen LogP contribution in [0.15, 0.2) is 24.3 Å². The lowest BCUT2D eigenvalue weighted by Gasteiger charge is -2.30. The van der Waals surface area contributed by atoms with Gasteiger partial charge in [-0.1, -0.05) is 18.2 Å². The molecular formula is C16H15F2N3OS. The third kappa shape index (κ3) is 3.17. The standard InChI is InChI=1S/C16H15F2N3OS/c17-16(18)12-3-4-14-11(6-12)2-1-5-20(14)8-15(22)21-10-23-9-13(21)7-19/h1-4,6,13,16H,5,8-10H2/t13-/m1/s1. The van der Waals surface area contributed by atoms with E-state index in [0.717, 1.165) is 5.69 Å². The minimum absolute atomic E-state index is 0.0259. The van der Waals surface area contributed by atoms with Gasteiger partial charge in [-0.25, -0.2) is 8.78 Å². The molecule has 2 aliphatic rings. The van der Waals surface area contributed by atoms with Crippen LogP contribution < -0.4 is 4.90 Å². The van der Waals surface area contributed by atoms with Gasteiger partial charge in [-0.3, -0.25) is 4.79 Å². The molecule has 0 bridgehead atoms. The normalized spacial score (nSPS) is 19.8. The van der Waals surface area contributed by atoms with Gasteiger partial charge in [0.1, 0.15) is 6.04 Å². The number of nitriles is 1. The van der Waals surface area contributed by atoms with Crippen LogP contribution >= 0.6 is 11.8 Å². The zero-order valence-electron chi connectivity index (χ0n) is 12.3. The molecule has 0 saturated carbocycles. The minimum Gasteiger partial charge on any atom is -0.358 e. The van der Waals surface area contributed by atoms with Crippen molar-refractivity contribution in [2.24, 2.45) is 0 Å². The van der Waals surface area contributed by atoms with Crippen molar-refractivity contribution in [2.45, 2.75) is 12.5 Å². The summed E-state index contributed by atoms with van der Waals surface area (Å²) in [4.78, 5) is 15.9. The number of hydrogen-bond acceptors (Lipinski definition) is 4. The highest BCUT2D eigenvalue weighted by atomic mass is 32.2. The fourth-order valence-electron chi connectivity index (χ4n) is 2.73. The van der Waals surface area contributed by atoms with Gasteiger partial charge in [-0.05, 0) is 17.7 Å². The molecule has 0 aliphatic carbocycles. The summed E-state index contributed by atoms with van der Waals surface area (Å²) in [6.45, 7) is 0.690. The largest absolute Gasteiger partial charge is 0.358 e. The van der Waals surface area contributed by atoms with Gasteiger partial charge in [0, 0.05) is 23.5 Å². The summed E-state index contributed by atoms with van der Waals surface area (Å²) < 4.78 is 25.6. The van der Waals surface area contributed by atoms with E-state index in [-0.39, 0.29) is 24.1 Å². The molecule has 7 heteroatoms. The smallest absolute Gasteiger partial charge is 0.263 e. The third-order valence-electron chi connectivity index (χ3n) is 3.95. The summed E-state index contributed by atoms with van der Waals surface area (Å²) in [5.41, 5.74) is 1.43. The summed E-state index contributed by atoms with van der Waals surface area (Å²) in [5, 5.41) is 9.08. The van der Waals surface area contributed by atoms with Crippen LogP contribution in [0.4, 0.5) is 14.5 Å². The Morgan fingerprint density at radius 2 is 2.30 bits per heavy atom. The maximum Gasteiger partial charge on any atom is 0.263 e. The Hall–Kier alpha value is -2.07. The average Bonchev–Trinajstić information content (AvgIpc) is 3.03. The zero-order valence-corrected chi connectivity index (χ0v) is 13.1. The van der Waals surface area contributed by atoms with E-state index in [9.17, 15) is 13.6 Å². The molecule has 0 radical (unpaired) electrons. The van der Waals surface area contributed by atoms with E-state index in [1.807, 2.05) is 11.0 Å². The predicted molar refractivity (Wildman–Crippen MR) is 86.2 cm³/mol. The van der Waals surface area contributed by atoms with Crippen molar-refractivity contribution in [3.8, 4) is 6.07 Å². The van der Waals surface area contributed by atoms with Crippen molar-refractivity contribution in [3.05, 3.63) is 35.4 Å². The van der Waals surface area contributed by atoms with E-state index < -0.39 is 6.43 Å². The Labute approximate surface area is 137 Å². The van der Waals surface area contributed by atoms with Gasteiger partial charge in [0.15, 0.2) is 0 Å². The molecule has 1 fully saturated rings. The summed E-state index contributed by atoms with van der Waals surface area (Å²) in [6.07, 6.45) is 1.14. The lowest BCUT2D eigenvalue weighted by atomic mass is 10.0. The van der Waals surface area contributed by atoms with E-state index in [1.165, 1.54) is 12.1 Å². The molecule has 1 amide bonds. The second-order valence-electron chi connectivity index (χ2n) is 5.41. The molecule has 0 spiro atoms. The van der Waals surface area contributed by atoms with Gasteiger partial charge in [0.2, 0.25) is 5.91 Å². The van der Waals surface area contributed by atoms with Crippen molar-refractivity contribution in [2.75, 3.05) is 29.6 Å². The number of hydrogen-bond donors (Lipinski definition) is 0. The van der Waals surface area contributed by atoms with Crippen LogP contribution in [0, 0.1) is 11.3 Å². The van der Waals surface area contributed by atoms with Gasteiger partial charge < -0.3 is 9.80 Å². The quantitative estimate of drug-likeness (QED) is 0.852. The second kappa shape index (κ2) is 6.59. The maximum atomic E-state index is 12.8. The lowest BCUT2D eigenvalue weighted by Crippen LogP contribution is -2.43. The van der Waals surface area contributed by atoms with Gasteiger partial charge in [0.05, 0.1) is 18.5 Å². The van der Waals surface area contributed by atoms with Crippen LogP contribution in [-0.2, 0) is 4.79 Å². The van der Waals surface area contributed by atoms with E-state index in [4.69, 9.17) is 5.26 Å². The van der Waals surface area contributed by atoms with Crippen LogP contribution in [0.3, 0.4) is 0 Å². The number of benzene rings is 1. The number of amides is 1. The van der Waals surface area contributed by atoms with E-state index in [0.29, 0.717) is 23.7 Å². The molecule has 120 valence electrons. The number of fused-ring (bicyclic) bond motifs is 1. The number of anilines is 1. The number of rotatable bonds is 3. The Morgan fingerprint density at radius 1 is 1.48 bits per heavy atom. The molecule has 1 aromatic rings. The highest BCUT2D eigenvalue weighted by molar-refractivity contribution is 7.99. The van der Waals surface area contributed by atoms with Crippen LogP contribution in [0.5, 0.6) is 0 Å². The Balaban J connectivity index is 1.77. The molecule has 1 saturated heterocycles. The number of thioether (sulfide) groups is 1. The van der Waals surface area contributed by atoms with E-state index >= 15 is 0 Å². The highest BCUT2D eigenvalue weighted by Crippen LogP contribution is 2.30. The first-order valence-corrected chi connectivity index (χ1v) is 8.36. The van der Waals surface area contributed by atoms with Crippen molar-refractivity contribution in [1.29, 1.82) is 5.26 Å². The number of alkyl halides is 2. The van der Waals surface area contributed by atoms with Gasteiger partial charge in [-0.15, -0.1) is 11.8 Å². The number of carbonyl (C=O) groups is 1. The molecule has 1 atom stereocenters. The molecule has 0 N–H and O–H groups in total. The monoisotopic (exact) mass is 335 g/mol. The Kier molecular flexibility index (Phi) is 4.53. The van der Waals surface area contributed by atoms with Crippen LogP contribution in [0.25, 0.3) is 6.08 Å². The second-order valence-corrected chi connectivity index (χ2v) is 6.41. The summed E-state index contributed by atoms with van der Waals surface area (Å²) in [7, 11) is 0. The number of nitrogens with zero attached hydrogens (tertiary/aromatic N) is 3. The first kappa shape index (κ1) is 15.8. The predicted octanol–water partition coefficient (Wildman–Crippen LogP) is 2.88. The Morgan fingerprint density at radius 3 is 3.04 bits per heavy atom. The maximum absolute atomic E-state index is 12.8. The molecule has 23 heavy (non-hydrogen) atoms. The molecule has 0 aromatic heterocycles. The molecule has 1 aromatic carbocycles. The first-order chi connectivity index (χ1) is 11.1. The minimum atomic E-state index is -2.51. The fourth-order valence-corrected chi connectivity index (χ4v) is 3.84. The fraction of sp³-hybridized carbons (Fsp3) is 0.375. The summed E-state index contributed by atoms with van der Waals surface area (Å²) in [5.74, 6) is 1.05. The van der Waals surface area contributed by atoms with Gasteiger partial charge in [0.25, 0.3) is 6.43 Å². The molecule has 2 heterocycles. The summed E-state index contributed by atoms with van der Waals surface area (Å²) in [6, 6.07) is 6.24. The number of carbonyl (C=O) groups excluding carboxylic acids is 1. The van der Waals surface area contributed by atoms with Crippen molar-refractivity contribution < 1.29 is 13.6 Å². The van der Waals surface area contributed by atoms with Crippen LogP contribution in [-0.4, -0.2) is 41.6 Å². The first-order valence-electron chi connectivity index (χ1n) is 7.20.